The zero-order valence-corrected chi connectivity index (χ0v) is 12.5. The van der Waals surface area contributed by atoms with E-state index in [1.807, 2.05) is 0 Å². The number of ether oxygens (including phenoxy) is 4. The maximum atomic E-state index is 11.4. The Morgan fingerprint density at radius 2 is 1.55 bits per heavy atom. The number of hydrogen-bond acceptors (Lipinski definition) is 6. The smallest absolute Gasteiger partial charge is 0.308 e. The zero-order chi connectivity index (χ0) is 15.9. The van der Waals surface area contributed by atoms with Crippen molar-refractivity contribution in [1.29, 1.82) is 0 Å². The van der Waals surface area contributed by atoms with Crippen LogP contribution >= 0.6 is 11.6 Å². The molecule has 0 N–H and O–H groups in total. The summed E-state index contributed by atoms with van der Waals surface area (Å²) >= 11 is 6.02. The van der Waals surface area contributed by atoms with Crippen molar-refractivity contribution in [3.8, 4) is 23.0 Å². The van der Waals surface area contributed by atoms with Crippen molar-refractivity contribution in [3.63, 3.8) is 0 Å². The molecular weight excluding hydrogens is 312 g/mol. The number of rotatable bonds is 2. The minimum absolute atomic E-state index is 0.0675. The molecule has 0 aromatic heterocycles. The summed E-state index contributed by atoms with van der Waals surface area (Å²) < 4.78 is 21.2. The number of halogens is 1. The third-order valence-corrected chi connectivity index (χ3v) is 3.22. The first-order valence-electron chi connectivity index (χ1n) is 6.39. The summed E-state index contributed by atoms with van der Waals surface area (Å²) in [6.07, 6.45) is 0. The van der Waals surface area contributed by atoms with Crippen LogP contribution < -0.4 is 18.9 Å². The van der Waals surface area contributed by atoms with E-state index in [-0.39, 0.29) is 29.8 Å². The molecule has 0 unspecified atom stereocenters. The van der Waals surface area contributed by atoms with Crippen LogP contribution in [0.25, 0.3) is 10.8 Å². The highest BCUT2D eigenvalue weighted by molar-refractivity contribution is 6.31. The number of esters is 2. The summed E-state index contributed by atoms with van der Waals surface area (Å²) in [7, 11) is 0. The second-order valence-electron chi connectivity index (χ2n) is 4.60. The Morgan fingerprint density at radius 3 is 2.09 bits per heavy atom. The molecule has 0 radical (unpaired) electrons. The van der Waals surface area contributed by atoms with E-state index >= 15 is 0 Å². The van der Waals surface area contributed by atoms with Gasteiger partial charge in [-0.1, -0.05) is 11.6 Å². The molecule has 2 aromatic carbocycles. The van der Waals surface area contributed by atoms with Gasteiger partial charge in [0.05, 0.1) is 0 Å². The highest BCUT2D eigenvalue weighted by Gasteiger charge is 2.30. The molecule has 0 atom stereocenters. The molecule has 3 rings (SSSR count). The minimum atomic E-state index is -0.515. The van der Waals surface area contributed by atoms with Gasteiger partial charge in [-0.15, -0.1) is 0 Å². The molecule has 22 heavy (non-hydrogen) atoms. The van der Waals surface area contributed by atoms with Crippen molar-refractivity contribution in [2.75, 3.05) is 6.79 Å². The summed E-state index contributed by atoms with van der Waals surface area (Å²) in [6.45, 7) is 2.49. The van der Waals surface area contributed by atoms with Gasteiger partial charge in [-0.25, -0.2) is 0 Å². The largest absolute Gasteiger partial charge is 0.449 e. The Labute approximate surface area is 130 Å². The van der Waals surface area contributed by atoms with Gasteiger partial charge < -0.3 is 18.9 Å². The highest BCUT2D eigenvalue weighted by Crippen LogP contribution is 2.53. The number of carbonyl (C=O) groups excluding carboxylic acids is 2. The van der Waals surface area contributed by atoms with Crippen LogP contribution in [0.15, 0.2) is 18.2 Å². The van der Waals surface area contributed by atoms with Crippen molar-refractivity contribution >= 4 is 34.3 Å². The molecule has 114 valence electrons. The monoisotopic (exact) mass is 322 g/mol. The fourth-order valence-electron chi connectivity index (χ4n) is 2.25. The van der Waals surface area contributed by atoms with Crippen LogP contribution in [0.5, 0.6) is 23.0 Å². The van der Waals surface area contributed by atoms with Crippen LogP contribution in [0.4, 0.5) is 0 Å². The van der Waals surface area contributed by atoms with Crippen molar-refractivity contribution in [1.82, 2.24) is 0 Å². The molecular formula is C15H11ClO6. The van der Waals surface area contributed by atoms with E-state index in [2.05, 4.69) is 0 Å². The van der Waals surface area contributed by atoms with Gasteiger partial charge in [0.15, 0.2) is 11.5 Å². The van der Waals surface area contributed by atoms with E-state index in [9.17, 15) is 9.59 Å². The number of hydrogen-bond donors (Lipinski definition) is 0. The second-order valence-corrected chi connectivity index (χ2v) is 5.04. The maximum absolute atomic E-state index is 11.4. The lowest BCUT2D eigenvalue weighted by Crippen LogP contribution is -2.05. The summed E-state index contributed by atoms with van der Waals surface area (Å²) in [4.78, 5) is 22.7. The fraction of sp³-hybridized carbons (Fsp3) is 0.200. The first-order valence-corrected chi connectivity index (χ1v) is 6.77. The van der Waals surface area contributed by atoms with E-state index in [0.29, 0.717) is 15.8 Å². The summed E-state index contributed by atoms with van der Waals surface area (Å²) in [5, 5.41) is 1.46. The molecule has 0 saturated heterocycles. The average Bonchev–Trinajstić information content (AvgIpc) is 2.90. The van der Waals surface area contributed by atoms with Crippen molar-refractivity contribution in [3.05, 3.63) is 23.2 Å². The lowest BCUT2D eigenvalue weighted by atomic mass is 10.1. The molecule has 0 amide bonds. The molecule has 1 aliphatic heterocycles. The Balaban J connectivity index is 2.36. The van der Waals surface area contributed by atoms with E-state index in [1.54, 1.807) is 18.2 Å². The molecule has 7 heteroatoms. The van der Waals surface area contributed by atoms with Gasteiger partial charge in [0.1, 0.15) is 0 Å². The van der Waals surface area contributed by atoms with Gasteiger partial charge >= 0.3 is 11.9 Å². The summed E-state index contributed by atoms with van der Waals surface area (Å²) in [5.41, 5.74) is 0. The molecule has 1 aliphatic rings. The molecule has 2 aromatic rings. The van der Waals surface area contributed by atoms with Gasteiger partial charge in [-0.05, 0) is 18.2 Å². The summed E-state index contributed by atoms with van der Waals surface area (Å²) in [6, 6.07) is 4.89. The molecule has 0 aliphatic carbocycles. The van der Waals surface area contributed by atoms with Crippen molar-refractivity contribution in [2.24, 2.45) is 0 Å². The van der Waals surface area contributed by atoms with E-state index in [4.69, 9.17) is 30.5 Å². The SMILES string of the molecule is CC(=O)Oc1c2c(c(OC(C)=O)c3cc(Cl)ccc13)OCO2. The highest BCUT2D eigenvalue weighted by atomic mass is 35.5. The normalized spacial score (nSPS) is 12.3. The Hall–Kier alpha value is -2.47. The van der Waals surface area contributed by atoms with Crippen LogP contribution in [0, 0.1) is 0 Å². The molecule has 0 fully saturated rings. The predicted molar refractivity (Wildman–Crippen MR) is 77.7 cm³/mol. The summed E-state index contributed by atoms with van der Waals surface area (Å²) in [5.74, 6) is -0.188. The fourth-order valence-corrected chi connectivity index (χ4v) is 2.42. The van der Waals surface area contributed by atoms with Crippen molar-refractivity contribution < 1.29 is 28.5 Å². The van der Waals surface area contributed by atoms with Crippen LogP contribution in [-0.2, 0) is 9.59 Å². The van der Waals surface area contributed by atoms with Gasteiger partial charge in [0.25, 0.3) is 0 Å². The first-order chi connectivity index (χ1) is 10.5. The van der Waals surface area contributed by atoms with E-state index in [1.165, 1.54) is 13.8 Å². The van der Waals surface area contributed by atoms with Gasteiger partial charge in [-0.3, -0.25) is 9.59 Å². The molecule has 0 spiro atoms. The van der Waals surface area contributed by atoms with Gasteiger partial charge in [-0.2, -0.15) is 0 Å². The van der Waals surface area contributed by atoms with E-state index < -0.39 is 11.9 Å². The molecule has 1 heterocycles. The lowest BCUT2D eigenvalue weighted by molar-refractivity contribution is -0.133. The third-order valence-electron chi connectivity index (χ3n) is 2.99. The quantitative estimate of drug-likeness (QED) is 0.625. The topological polar surface area (TPSA) is 71.1 Å². The number of fused-ring (bicyclic) bond motifs is 2. The number of benzene rings is 2. The molecule has 0 bridgehead atoms. The molecule has 6 nitrogen and oxygen atoms in total. The third kappa shape index (κ3) is 2.42. The maximum Gasteiger partial charge on any atom is 0.308 e. The lowest BCUT2D eigenvalue weighted by Gasteiger charge is -2.14. The van der Waals surface area contributed by atoms with Gasteiger partial charge in [0.2, 0.25) is 18.3 Å². The van der Waals surface area contributed by atoms with E-state index in [0.717, 1.165) is 0 Å². The standard InChI is InChI=1S/C15H11ClO6/c1-7(17)21-12-10-4-3-9(16)5-11(10)13(22-8(2)18)15-14(12)19-6-20-15/h3-5H,6H2,1-2H3. The Kier molecular flexibility index (Phi) is 3.54. The average molecular weight is 323 g/mol. The zero-order valence-electron chi connectivity index (χ0n) is 11.8. The number of carbonyl (C=O) groups is 2. The minimum Gasteiger partial charge on any atom is -0.449 e. The first kappa shape index (κ1) is 14.5. The Bertz CT molecular complexity index is 798. The van der Waals surface area contributed by atoms with Crippen molar-refractivity contribution in [2.45, 2.75) is 13.8 Å². The Morgan fingerprint density at radius 1 is 1.00 bits per heavy atom. The molecule has 0 saturated carbocycles. The van der Waals surface area contributed by atoms with Crippen LogP contribution in [-0.4, -0.2) is 18.7 Å². The van der Waals surface area contributed by atoms with Crippen LogP contribution in [0.1, 0.15) is 13.8 Å². The van der Waals surface area contributed by atoms with Crippen LogP contribution in [0.2, 0.25) is 5.02 Å². The van der Waals surface area contributed by atoms with Gasteiger partial charge in [0, 0.05) is 29.6 Å². The van der Waals surface area contributed by atoms with Crippen LogP contribution in [0.3, 0.4) is 0 Å². The second kappa shape index (κ2) is 5.38. The predicted octanol–water partition coefficient (Wildman–Crippen LogP) is 3.07.